The van der Waals surface area contributed by atoms with Crippen molar-refractivity contribution >= 4 is 17.6 Å². The highest BCUT2D eigenvalue weighted by Crippen LogP contribution is 2.31. The summed E-state index contributed by atoms with van der Waals surface area (Å²) >= 11 is 0. The second-order valence-corrected chi connectivity index (χ2v) is 5.11. The number of carbonyl (C=O) groups excluding carboxylic acids is 1. The Morgan fingerprint density at radius 3 is 2.81 bits per heavy atom. The number of furan rings is 1. The molecule has 0 bridgehead atoms. The Labute approximate surface area is 121 Å². The van der Waals surface area contributed by atoms with Crippen LogP contribution in [-0.2, 0) is 6.42 Å². The van der Waals surface area contributed by atoms with Crippen LogP contribution in [0.3, 0.4) is 0 Å². The second kappa shape index (κ2) is 5.09. The highest BCUT2D eigenvalue weighted by atomic mass is 16.4. The number of rotatable bonds is 2. The van der Waals surface area contributed by atoms with Crippen molar-refractivity contribution in [1.29, 1.82) is 0 Å². The number of aryl methyl sites for hydroxylation is 1. The van der Waals surface area contributed by atoms with E-state index in [1.807, 2.05) is 0 Å². The number of aromatic carboxylic acids is 1. The van der Waals surface area contributed by atoms with Gasteiger partial charge in [-0.25, -0.2) is 4.79 Å². The monoisotopic (exact) mass is 285 g/mol. The summed E-state index contributed by atoms with van der Waals surface area (Å²) in [6.07, 6.45) is 2.86. The van der Waals surface area contributed by atoms with Crippen LogP contribution in [0.4, 0.5) is 5.69 Å². The minimum Gasteiger partial charge on any atom is -0.478 e. The van der Waals surface area contributed by atoms with Crippen LogP contribution >= 0.6 is 0 Å². The zero-order chi connectivity index (χ0) is 15.0. The average Bonchev–Trinajstić information content (AvgIpc) is 2.91. The van der Waals surface area contributed by atoms with E-state index < -0.39 is 5.97 Å². The first-order chi connectivity index (χ1) is 10.1. The Kier molecular flexibility index (Phi) is 3.25. The molecule has 2 aromatic rings. The Hall–Kier alpha value is -2.56. The van der Waals surface area contributed by atoms with E-state index in [-0.39, 0.29) is 11.5 Å². The van der Waals surface area contributed by atoms with Crippen LogP contribution in [0.25, 0.3) is 0 Å². The molecule has 1 amide bonds. The van der Waals surface area contributed by atoms with Gasteiger partial charge in [-0.05, 0) is 43.5 Å². The number of carboxylic acid groups (broad SMARTS) is 1. The van der Waals surface area contributed by atoms with E-state index in [1.165, 1.54) is 6.26 Å². The lowest BCUT2D eigenvalue weighted by atomic mass is 9.96. The maximum absolute atomic E-state index is 12.6. The van der Waals surface area contributed by atoms with Crippen LogP contribution in [0.15, 0.2) is 34.9 Å². The van der Waals surface area contributed by atoms with Crippen LogP contribution < -0.4 is 4.90 Å². The third kappa shape index (κ3) is 2.31. The molecule has 0 atom stereocenters. The average molecular weight is 285 g/mol. The molecule has 0 fully saturated rings. The van der Waals surface area contributed by atoms with Crippen LogP contribution in [0.5, 0.6) is 0 Å². The third-order valence-corrected chi connectivity index (χ3v) is 3.70. The van der Waals surface area contributed by atoms with E-state index in [0.717, 1.165) is 12.0 Å². The normalized spacial score (nSPS) is 13.9. The van der Waals surface area contributed by atoms with Crippen molar-refractivity contribution in [1.82, 2.24) is 0 Å². The van der Waals surface area contributed by atoms with Crippen molar-refractivity contribution in [2.45, 2.75) is 19.8 Å². The summed E-state index contributed by atoms with van der Waals surface area (Å²) < 4.78 is 5.18. The number of hydrogen-bond acceptors (Lipinski definition) is 3. The maximum Gasteiger partial charge on any atom is 0.336 e. The number of carbonyl (C=O) groups is 2. The molecule has 1 aromatic heterocycles. The summed E-state index contributed by atoms with van der Waals surface area (Å²) in [7, 11) is 0. The first-order valence-corrected chi connectivity index (χ1v) is 6.80. The quantitative estimate of drug-likeness (QED) is 0.921. The molecule has 0 saturated heterocycles. The van der Waals surface area contributed by atoms with Gasteiger partial charge >= 0.3 is 5.97 Å². The molecule has 0 spiro atoms. The summed E-state index contributed by atoms with van der Waals surface area (Å²) in [5.74, 6) is -0.439. The number of nitrogens with zero attached hydrogens (tertiary/aromatic N) is 1. The van der Waals surface area contributed by atoms with Crippen molar-refractivity contribution in [2.24, 2.45) is 0 Å². The third-order valence-electron chi connectivity index (χ3n) is 3.70. The van der Waals surface area contributed by atoms with Gasteiger partial charge in [-0.15, -0.1) is 0 Å². The first-order valence-electron chi connectivity index (χ1n) is 6.80. The molecular formula is C16H15NO4. The molecule has 0 radical (unpaired) electrons. The van der Waals surface area contributed by atoms with Crippen molar-refractivity contribution in [3.63, 3.8) is 0 Å². The van der Waals surface area contributed by atoms with E-state index in [0.29, 0.717) is 30.0 Å². The lowest BCUT2D eigenvalue weighted by molar-refractivity contribution is 0.0695. The summed E-state index contributed by atoms with van der Waals surface area (Å²) in [6.45, 7) is 2.36. The summed E-state index contributed by atoms with van der Waals surface area (Å²) in [6, 6.07) is 6.75. The smallest absolute Gasteiger partial charge is 0.336 e. The lowest BCUT2D eigenvalue weighted by Gasteiger charge is -2.30. The molecule has 5 nitrogen and oxygen atoms in total. The standard InChI is InChI=1S/C16H15NO4/c1-10-8-11(9-21-10)15(18)17-7-3-5-12-13(16(19)20)4-2-6-14(12)17/h2,4,6,8-9H,3,5,7H2,1H3,(H,19,20). The van der Waals surface area contributed by atoms with Gasteiger partial charge in [0.2, 0.25) is 0 Å². The highest BCUT2D eigenvalue weighted by Gasteiger charge is 2.27. The van der Waals surface area contributed by atoms with Gasteiger partial charge in [0.05, 0.1) is 11.1 Å². The van der Waals surface area contributed by atoms with E-state index in [9.17, 15) is 14.7 Å². The van der Waals surface area contributed by atoms with E-state index in [4.69, 9.17) is 4.42 Å². The molecule has 3 rings (SSSR count). The summed E-state index contributed by atoms with van der Waals surface area (Å²) in [5.41, 5.74) is 2.17. The van der Waals surface area contributed by atoms with Gasteiger partial charge in [0.1, 0.15) is 12.0 Å². The minimum absolute atomic E-state index is 0.157. The molecule has 2 heterocycles. The minimum atomic E-state index is -0.958. The van der Waals surface area contributed by atoms with Crippen LogP contribution in [0, 0.1) is 6.92 Å². The predicted octanol–water partition coefficient (Wildman–Crippen LogP) is 2.88. The molecule has 1 aliphatic heterocycles. The van der Waals surface area contributed by atoms with Crippen LogP contribution in [0.1, 0.15) is 38.5 Å². The van der Waals surface area contributed by atoms with Crippen LogP contribution in [-0.4, -0.2) is 23.5 Å². The largest absolute Gasteiger partial charge is 0.478 e. The number of benzene rings is 1. The molecular weight excluding hydrogens is 270 g/mol. The van der Waals surface area contributed by atoms with Gasteiger partial charge in [-0.3, -0.25) is 4.79 Å². The lowest BCUT2D eigenvalue weighted by Crippen LogP contribution is -2.35. The second-order valence-electron chi connectivity index (χ2n) is 5.11. The number of amides is 1. The summed E-state index contributed by atoms with van der Waals surface area (Å²) in [4.78, 5) is 25.5. The van der Waals surface area contributed by atoms with Gasteiger partial charge in [-0.1, -0.05) is 6.07 Å². The van der Waals surface area contributed by atoms with E-state index in [2.05, 4.69) is 0 Å². The fraction of sp³-hybridized carbons (Fsp3) is 0.250. The zero-order valence-electron chi connectivity index (χ0n) is 11.6. The molecule has 0 unspecified atom stereocenters. The van der Waals surface area contributed by atoms with E-state index in [1.54, 1.807) is 36.1 Å². The maximum atomic E-state index is 12.6. The zero-order valence-corrected chi connectivity index (χ0v) is 11.6. The molecule has 5 heteroatoms. The van der Waals surface area contributed by atoms with Crippen LogP contribution in [0.2, 0.25) is 0 Å². The predicted molar refractivity (Wildman–Crippen MR) is 76.8 cm³/mol. The molecule has 1 aliphatic rings. The van der Waals surface area contributed by atoms with Crippen molar-refractivity contribution < 1.29 is 19.1 Å². The van der Waals surface area contributed by atoms with Gasteiger partial charge in [0.25, 0.3) is 5.91 Å². The van der Waals surface area contributed by atoms with Gasteiger partial charge < -0.3 is 14.4 Å². The summed E-state index contributed by atoms with van der Waals surface area (Å²) in [5, 5.41) is 9.27. The fourth-order valence-electron chi connectivity index (χ4n) is 2.75. The first kappa shape index (κ1) is 13.4. The molecule has 21 heavy (non-hydrogen) atoms. The topological polar surface area (TPSA) is 70.8 Å². The van der Waals surface area contributed by atoms with Gasteiger partial charge in [0.15, 0.2) is 0 Å². The number of fused-ring (bicyclic) bond motifs is 1. The molecule has 108 valence electrons. The number of hydrogen-bond donors (Lipinski definition) is 1. The van der Waals surface area contributed by atoms with Gasteiger partial charge in [-0.2, -0.15) is 0 Å². The number of carboxylic acids is 1. The van der Waals surface area contributed by atoms with Crippen molar-refractivity contribution in [3.8, 4) is 0 Å². The Bertz CT molecular complexity index is 717. The van der Waals surface area contributed by atoms with E-state index >= 15 is 0 Å². The Morgan fingerprint density at radius 2 is 2.14 bits per heavy atom. The molecule has 1 aromatic carbocycles. The molecule has 1 N–H and O–H groups in total. The SMILES string of the molecule is Cc1cc(C(=O)N2CCCc3c(C(=O)O)cccc32)co1. The number of anilines is 1. The van der Waals surface area contributed by atoms with Gasteiger partial charge in [0, 0.05) is 12.2 Å². The molecule has 0 saturated carbocycles. The van der Waals surface area contributed by atoms with Crippen molar-refractivity contribution in [3.05, 3.63) is 53.0 Å². The highest BCUT2D eigenvalue weighted by molar-refractivity contribution is 6.07. The molecule has 0 aliphatic carbocycles. The fourth-order valence-corrected chi connectivity index (χ4v) is 2.75. The Morgan fingerprint density at radius 1 is 1.33 bits per heavy atom. The Balaban J connectivity index is 2.03. The van der Waals surface area contributed by atoms with Crippen molar-refractivity contribution in [2.75, 3.05) is 11.4 Å².